The number of sulfonamides is 1. The van der Waals surface area contributed by atoms with Crippen molar-refractivity contribution in [3.05, 3.63) is 54.0 Å². The van der Waals surface area contributed by atoms with Crippen molar-refractivity contribution < 1.29 is 17.9 Å². The summed E-state index contributed by atoms with van der Waals surface area (Å²) in [6.07, 6.45) is 4.34. The summed E-state index contributed by atoms with van der Waals surface area (Å²) < 4.78 is 39.8. The Morgan fingerprint density at radius 1 is 1.12 bits per heavy atom. The first kappa shape index (κ1) is 18.2. The average molecular weight is 375 g/mol. The highest BCUT2D eigenvalue weighted by molar-refractivity contribution is 7.89. The fourth-order valence-electron chi connectivity index (χ4n) is 2.64. The predicted octanol–water partition coefficient (Wildman–Crippen LogP) is 2.18. The van der Waals surface area contributed by atoms with Gasteiger partial charge in [-0.15, -0.1) is 0 Å². The van der Waals surface area contributed by atoms with Crippen LogP contribution < -0.4 is 14.2 Å². The summed E-state index contributed by atoms with van der Waals surface area (Å²) in [5.74, 6) is 0.845. The van der Waals surface area contributed by atoms with Crippen LogP contribution in [0.5, 0.6) is 11.5 Å². The van der Waals surface area contributed by atoms with Gasteiger partial charge in [0, 0.05) is 31.4 Å². The zero-order valence-electron chi connectivity index (χ0n) is 14.9. The summed E-state index contributed by atoms with van der Waals surface area (Å²) in [5, 5.41) is 0. The van der Waals surface area contributed by atoms with Crippen molar-refractivity contribution in [3.63, 3.8) is 0 Å². The Bertz CT molecular complexity index is 1030. The molecular formula is C18H21N3O4S. The number of nitrogens with zero attached hydrogens (tertiary/aromatic N) is 2. The Balaban J connectivity index is 1.69. The second kappa shape index (κ2) is 7.35. The third-order valence-electron chi connectivity index (χ3n) is 4.00. The number of pyridine rings is 1. The molecular weight excluding hydrogens is 354 g/mol. The first-order valence-electron chi connectivity index (χ1n) is 8.09. The van der Waals surface area contributed by atoms with Crippen LogP contribution in [0, 0.1) is 6.92 Å². The van der Waals surface area contributed by atoms with Crippen LogP contribution in [-0.4, -0.2) is 38.6 Å². The van der Waals surface area contributed by atoms with Crippen LogP contribution in [0.15, 0.2) is 47.6 Å². The third kappa shape index (κ3) is 3.81. The lowest BCUT2D eigenvalue weighted by atomic mass is 10.3. The van der Waals surface area contributed by atoms with E-state index >= 15 is 0 Å². The molecule has 0 spiro atoms. The number of ether oxygens (including phenoxy) is 2. The van der Waals surface area contributed by atoms with Crippen LogP contribution in [0.1, 0.15) is 11.3 Å². The van der Waals surface area contributed by atoms with Crippen molar-refractivity contribution in [2.24, 2.45) is 0 Å². The first-order chi connectivity index (χ1) is 12.4. The van der Waals surface area contributed by atoms with E-state index in [0.29, 0.717) is 17.9 Å². The number of methoxy groups -OCH3 is 2. The quantitative estimate of drug-likeness (QED) is 0.684. The van der Waals surface area contributed by atoms with Gasteiger partial charge in [0.2, 0.25) is 10.0 Å². The molecule has 0 bridgehead atoms. The van der Waals surface area contributed by atoms with Crippen LogP contribution in [0.2, 0.25) is 0 Å². The molecule has 0 amide bonds. The molecule has 0 aliphatic rings. The number of hydrogen-bond donors (Lipinski definition) is 1. The molecule has 8 heteroatoms. The molecule has 0 unspecified atom stereocenters. The van der Waals surface area contributed by atoms with E-state index in [1.165, 1.54) is 26.4 Å². The third-order valence-corrected chi connectivity index (χ3v) is 5.46. The standard InChI is InChI=1S/C18H21N3O4S/c1-13-7-9-21-12-14(20-18(21)10-13)6-8-19-26(22,23)15-4-5-16(24-2)17(11-15)25-3/h4-5,7,9-12,19H,6,8H2,1-3H3. The monoisotopic (exact) mass is 375 g/mol. The predicted molar refractivity (Wildman–Crippen MR) is 98.4 cm³/mol. The number of nitrogens with one attached hydrogen (secondary N) is 1. The lowest BCUT2D eigenvalue weighted by Crippen LogP contribution is -2.26. The number of hydrogen-bond acceptors (Lipinski definition) is 5. The van der Waals surface area contributed by atoms with Gasteiger partial charge in [-0.1, -0.05) is 0 Å². The van der Waals surface area contributed by atoms with Crippen molar-refractivity contribution in [1.82, 2.24) is 14.1 Å². The van der Waals surface area contributed by atoms with Gasteiger partial charge in [0.1, 0.15) is 5.65 Å². The number of aromatic nitrogens is 2. The van der Waals surface area contributed by atoms with E-state index in [-0.39, 0.29) is 11.4 Å². The molecule has 7 nitrogen and oxygen atoms in total. The molecule has 0 aliphatic carbocycles. The average Bonchev–Trinajstić information content (AvgIpc) is 3.02. The summed E-state index contributed by atoms with van der Waals surface area (Å²) in [6.45, 7) is 2.26. The summed E-state index contributed by atoms with van der Waals surface area (Å²) in [7, 11) is -0.679. The van der Waals surface area contributed by atoms with Gasteiger partial charge in [-0.25, -0.2) is 18.1 Å². The molecule has 0 saturated carbocycles. The van der Waals surface area contributed by atoms with Crippen molar-refractivity contribution in [2.45, 2.75) is 18.2 Å². The minimum atomic E-state index is -3.64. The van der Waals surface area contributed by atoms with Crippen LogP contribution in [0.3, 0.4) is 0 Å². The molecule has 0 saturated heterocycles. The van der Waals surface area contributed by atoms with E-state index < -0.39 is 10.0 Å². The number of fused-ring (bicyclic) bond motifs is 1. The number of aryl methyl sites for hydroxylation is 1. The molecule has 26 heavy (non-hydrogen) atoms. The largest absolute Gasteiger partial charge is 0.493 e. The smallest absolute Gasteiger partial charge is 0.240 e. The normalized spacial score (nSPS) is 11.7. The maximum Gasteiger partial charge on any atom is 0.240 e. The van der Waals surface area contributed by atoms with Crippen molar-refractivity contribution in [1.29, 1.82) is 0 Å². The Labute approximate surface area is 152 Å². The zero-order chi connectivity index (χ0) is 18.7. The molecule has 3 rings (SSSR count). The molecule has 1 N–H and O–H groups in total. The Morgan fingerprint density at radius 2 is 1.88 bits per heavy atom. The molecule has 0 radical (unpaired) electrons. The highest BCUT2D eigenvalue weighted by Gasteiger charge is 2.16. The summed E-state index contributed by atoms with van der Waals surface area (Å²) in [5.41, 5.74) is 2.80. The Hall–Kier alpha value is -2.58. The maximum atomic E-state index is 12.5. The zero-order valence-corrected chi connectivity index (χ0v) is 15.7. The highest BCUT2D eigenvalue weighted by Crippen LogP contribution is 2.29. The van der Waals surface area contributed by atoms with Gasteiger partial charge in [0.15, 0.2) is 11.5 Å². The molecule has 0 aliphatic heterocycles. The van der Waals surface area contributed by atoms with Gasteiger partial charge in [-0.05, 0) is 36.8 Å². The molecule has 3 aromatic rings. The van der Waals surface area contributed by atoms with Crippen molar-refractivity contribution >= 4 is 15.7 Å². The minimum absolute atomic E-state index is 0.126. The molecule has 2 heterocycles. The second-order valence-corrected chi connectivity index (χ2v) is 7.63. The van der Waals surface area contributed by atoms with E-state index in [9.17, 15) is 8.42 Å². The summed E-state index contributed by atoms with van der Waals surface area (Å²) in [6, 6.07) is 8.47. The Kier molecular flexibility index (Phi) is 5.15. The fraction of sp³-hybridized carbons (Fsp3) is 0.278. The van der Waals surface area contributed by atoms with Crippen molar-refractivity contribution in [3.8, 4) is 11.5 Å². The minimum Gasteiger partial charge on any atom is -0.493 e. The molecule has 1 aromatic carbocycles. The van der Waals surface area contributed by atoms with Crippen molar-refractivity contribution in [2.75, 3.05) is 20.8 Å². The second-order valence-electron chi connectivity index (χ2n) is 5.87. The van der Waals surface area contributed by atoms with Gasteiger partial charge < -0.3 is 13.9 Å². The SMILES string of the molecule is COc1ccc(S(=O)(=O)NCCc2cn3ccc(C)cc3n2)cc1OC. The fourth-order valence-corrected chi connectivity index (χ4v) is 3.68. The Morgan fingerprint density at radius 3 is 2.62 bits per heavy atom. The lowest BCUT2D eigenvalue weighted by Gasteiger charge is -2.10. The van der Waals surface area contributed by atoms with Gasteiger partial charge in [-0.3, -0.25) is 0 Å². The molecule has 0 fully saturated rings. The van der Waals surface area contributed by atoms with Gasteiger partial charge in [0.05, 0.1) is 24.8 Å². The number of rotatable bonds is 7. The highest BCUT2D eigenvalue weighted by atomic mass is 32.2. The van der Waals surface area contributed by atoms with E-state index in [1.54, 1.807) is 6.07 Å². The van der Waals surface area contributed by atoms with Gasteiger partial charge in [0.25, 0.3) is 0 Å². The van der Waals surface area contributed by atoms with Crippen LogP contribution >= 0.6 is 0 Å². The van der Waals surface area contributed by atoms with Crippen LogP contribution in [-0.2, 0) is 16.4 Å². The van der Waals surface area contributed by atoms with E-state index in [0.717, 1.165) is 16.9 Å². The number of benzene rings is 1. The topological polar surface area (TPSA) is 81.9 Å². The molecule has 138 valence electrons. The van der Waals surface area contributed by atoms with Gasteiger partial charge in [-0.2, -0.15) is 0 Å². The van der Waals surface area contributed by atoms with E-state index in [1.807, 2.05) is 35.9 Å². The maximum absolute atomic E-state index is 12.5. The van der Waals surface area contributed by atoms with E-state index in [2.05, 4.69) is 9.71 Å². The van der Waals surface area contributed by atoms with Gasteiger partial charge >= 0.3 is 0 Å². The molecule has 2 aromatic heterocycles. The first-order valence-corrected chi connectivity index (χ1v) is 9.57. The van der Waals surface area contributed by atoms with Crippen LogP contribution in [0.25, 0.3) is 5.65 Å². The lowest BCUT2D eigenvalue weighted by molar-refractivity contribution is 0.354. The summed E-state index contributed by atoms with van der Waals surface area (Å²) in [4.78, 5) is 4.63. The van der Waals surface area contributed by atoms with E-state index in [4.69, 9.17) is 9.47 Å². The summed E-state index contributed by atoms with van der Waals surface area (Å²) >= 11 is 0. The van der Waals surface area contributed by atoms with Crippen LogP contribution in [0.4, 0.5) is 0 Å². The molecule has 0 atom stereocenters. The number of imidazole rings is 1.